The van der Waals surface area contributed by atoms with Gasteiger partial charge in [-0.3, -0.25) is 24.2 Å². The molecule has 5 aliphatic rings. The molecule has 1 aromatic rings. The number of nitrogens with one attached hydrogen (secondary N) is 2. The molecule has 8 atom stereocenters. The number of rotatable bonds is 10. The van der Waals surface area contributed by atoms with Gasteiger partial charge in [0.25, 0.3) is 0 Å². The van der Waals surface area contributed by atoms with Gasteiger partial charge in [-0.1, -0.05) is 6.92 Å². The third-order valence-electron chi connectivity index (χ3n) is 10.2. The van der Waals surface area contributed by atoms with Crippen LogP contribution < -0.4 is 16.4 Å². The Morgan fingerprint density at radius 1 is 1.33 bits per heavy atom. The number of carbonyl (C=O) groups excluding carboxylic acids is 3. The summed E-state index contributed by atoms with van der Waals surface area (Å²) in [5.41, 5.74) is 4.99. The van der Waals surface area contributed by atoms with E-state index in [1.807, 2.05) is 18.7 Å². The number of hydrogen-bond donors (Lipinski definition) is 4. The number of nitrogens with two attached hydrogens (primary N) is 1. The van der Waals surface area contributed by atoms with Crippen molar-refractivity contribution in [3.63, 3.8) is 0 Å². The molecule has 0 aliphatic carbocycles. The van der Waals surface area contributed by atoms with E-state index in [-0.39, 0.29) is 47.2 Å². The molecule has 4 saturated heterocycles. The van der Waals surface area contributed by atoms with Gasteiger partial charge in [-0.2, -0.15) is 0 Å². The molecule has 3 unspecified atom stereocenters. The van der Waals surface area contributed by atoms with Crippen molar-refractivity contribution in [3.05, 3.63) is 16.9 Å². The Bertz CT molecular complexity index is 1320. The van der Waals surface area contributed by atoms with E-state index in [4.69, 9.17) is 5.73 Å². The number of tetrazole rings is 1. The van der Waals surface area contributed by atoms with E-state index in [9.17, 15) is 24.3 Å². The lowest BCUT2D eigenvalue weighted by atomic mass is 9.66. The predicted molar refractivity (Wildman–Crippen MR) is 155 cm³/mol. The number of carboxylic acids is 1. The first-order valence-corrected chi connectivity index (χ1v) is 15.9. The first kappa shape index (κ1) is 30.0. The number of carboxylic acid groups (broad SMARTS) is 1. The second-order valence-corrected chi connectivity index (χ2v) is 13.9. The molecular formula is C27H40N10O5S. The van der Waals surface area contributed by atoms with Crippen LogP contribution in [0, 0.1) is 17.8 Å². The van der Waals surface area contributed by atoms with Crippen LogP contribution in [0.5, 0.6) is 0 Å². The molecule has 4 fully saturated rings. The van der Waals surface area contributed by atoms with E-state index in [0.29, 0.717) is 36.4 Å². The van der Waals surface area contributed by atoms with Crippen LogP contribution in [0.4, 0.5) is 0 Å². The van der Waals surface area contributed by atoms with Gasteiger partial charge in [-0.25, -0.2) is 9.48 Å². The standard InChI is InChI=1S/C27H40N10O5S/c1-14-23(43-17-8-18(29-9-17)24(39)35-10-16-4-6-34(7-5-28)19(16)11-35)22(26(41)42)37-25(40)21(27(14,37)3)15(2)31-20(38)12-36-13-30-32-33-36/h13-19,21,29H,4-12,28H2,1-3H3,(H,31,38)(H,41,42)/t14-,15?,16?,17-,18-,19?,21-,27+/m0/s1. The van der Waals surface area contributed by atoms with E-state index in [1.165, 1.54) is 27.7 Å². The molecule has 15 nitrogen and oxygen atoms in total. The minimum Gasteiger partial charge on any atom is -0.477 e. The molecule has 0 bridgehead atoms. The van der Waals surface area contributed by atoms with Crippen LogP contribution in [0.25, 0.3) is 0 Å². The fourth-order valence-corrected chi connectivity index (χ4v) is 9.57. The number of hydrogen-bond acceptors (Lipinski definition) is 11. The summed E-state index contributed by atoms with van der Waals surface area (Å²) in [5.74, 6) is -2.09. The van der Waals surface area contributed by atoms with Gasteiger partial charge in [-0.15, -0.1) is 16.9 Å². The maximum Gasteiger partial charge on any atom is 0.353 e. The summed E-state index contributed by atoms with van der Waals surface area (Å²) in [5, 5.41) is 27.2. The summed E-state index contributed by atoms with van der Waals surface area (Å²) in [6, 6.07) is -0.470. The number of thioether (sulfide) groups is 1. The summed E-state index contributed by atoms with van der Waals surface area (Å²) in [6.07, 6.45) is 3.00. The minimum absolute atomic E-state index is 0.00982. The van der Waals surface area contributed by atoms with Crippen molar-refractivity contribution < 1.29 is 24.3 Å². The van der Waals surface area contributed by atoms with Gasteiger partial charge < -0.3 is 26.4 Å². The number of likely N-dealkylation sites (tertiary alicyclic amines) is 2. The van der Waals surface area contributed by atoms with Gasteiger partial charge in [-0.05, 0) is 49.6 Å². The van der Waals surface area contributed by atoms with Crippen molar-refractivity contribution in [3.8, 4) is 0 Å². The van der Waals surface area contributed by atoms with Gasteiger partial charge in [0.15, 0.2) is 0 Å². The average molecular weight is 617 g/mol. The highest BCUT2D eigenvalue weighted by molar-refractivity contribution is 8.03. The van der Waals surface area contributed by atoms with Crippen molar-refractivity contribution in [1.82, 2.24) is 45.5 Å². The molecule has 0 aromatic carbocycles. The number of aliphatic carboxylic acids is 1. The largest absolute Gasteiger partial charge is 0.477 e. The molecule has 16 heteroatoms. The Labute approximate surface area is 253 Å². The van der Waals surface area contributed by atoms with Gasteiger partial charge in [0.1, 0.15) is 18.6 Å². The Balaban J connectivity index is 1.10. The van der Waals surface area contributed by atoms with Gasteiger partial charge in [0, 0.05) is 60.9 Å². The molecule has 5 N–H and O–H groups in total. The minimum atomic E-state index is -1.15. The first-order valence-electron chi connectivity index (χ1n) is 15.0. The zero-order valence-corrected chi connectivity index (χ0v) is 25.5. The lowest BCUT2D eigenvalue weighted by Crippen LogP contribution is -2.73. The lowest BCUT2D eigenvalue weighted by Gasteiger charge is -2.56. The van der Waals surface area contributed by atoms with E-state index >= 15 is 0 Å². The smallest absolute Gasteiger partial charge is 0.353 e. The Morgan fingerprint density at radius 2 is 2.12 bits per heavy atom. The van der Waals surface area contributed by atoms with Crippen molar-refractivity contribution >= 4 is 35.5 Å². The van der Waals surface area contributed by atoms with Crippen molar-refractivity contribution in [2.45, 2.75) is 69.1 Å². The Kier molecular flexibility index (Phi) is 7.98. The monoisotopic (exact) mass is 616 g/mol. The van der Waals surface area contributed by atoms with E-state index < -0.39 is 23.5 Å². The molecule has 6 heterocycles. The number of carbonyl (C=O) groups is 4. The second-order valence-electron chi connectivity index (χ2n) is 12.6. The molecule has 43 heavy (non-hydrogen) atoms. The Hall–Kier alpha value is -3.08. The fourth-order valence-electron chi connectivity index (χ4n) is 8.01. The average Bonchev–Trinajstić information content (AvgIpc) is 3.77. The highest BCUT2D eigenvalue weighted by atomic mass is 32.2. The summed E-state index contributed by atoms with van der Waals surface area (Å²) in [7, 11) is 0. The molecule has 1 aromatic heterocycles. The van der Waals surface area contributed by atoms with E-state index in [1.54, 1.807) is 6.92 Å². The van der Waals surface area contributed by atoms with Gasteiger partial charge in [0.2, 0.25) is 17.7 Å². The third kappa shape index (κ3) is 5.01. The zero-order valence-electron chi connectivity index (χ0n) is 24.7. The topological polar surface area (TPSA) is 192 Å². The second kappa shape index (κ2) is 11.4. The summed E-state index contributed by atoms with van der Waals surface area (Å²) < 4.78 is 1.29. The summed E-state index contributed by atoms with van der Waals surface area (Å²) in [4.78, 5) is 58.4. The quantitative estimate of drug-likeness (QED) is 0.218. The lowest BCUT2D eigenvalue weighted by molar-refractivity contribution is -0.170. The van der Waals surface area contributed by atoms with Crippen LogP contribution in [-0.4, -0.2) is 132 Å². The van der Waals surface area contributed by atoms with Crippen LogP contribution in [-0.2, 0) is 25.7 Å². The van der Waals surface area contributed by atoms with E-state index in [0.717, 1.165) is 32.6 Å². The highest BCUT2D eigenvalue weighted by Gasteiger charge is 2.68. The van der Waals surface area contributed by atoms with Crippen LogP contribution in [0.1, 0.15) is 33.6 Å². The summed E-state index contributed by atoms with van der Waals surface area (Å²) >= 11 is 1.46. The fraction of sp³-hybridized carbons (Fsp3) is 0.741. The van der Waals surface area contributed by atoms with Crippen molar-refractivity contribution in [2.75, 3.05) is 39.3 Å². The molecule has 234 valence electrons. The number of β-lactam (4-membered cyclic amide) rings is 1. The maximum absolute atomic E-state index is 13.5. The highest BCUT2D eigenvalue weighted by Crippen LogP contribution is 2.58. The maximum atomic E-state index is 13.5. The number of amides is 3. The number of nitrogens with zero attached hydrogens (tertiary/aromatic N) is 7. The molecule has 0 spiro atoms. The molecule has 6 rings (SSSR count). The number of fused-ring (bicyclic) bond motifs is 2. The van der Waals surface area contributed by atoms with Crippen molar-refractivity contribution in [2.24, 2.45) is 23.5 Å². The third-order valence-corrected chi connectivity index (χ3v) is 11.7. The van der Waals surface area contributed by atoms with Crippen LogP contribution in [0.3, 0.4) is 0 Å². The molecule has 0 radical (unpaired) electrons. The van der Waals surface area contributed by atoms with Crippen LogP contribution in [0.15, 0.2) is 16.9 Å². The van der Waals surface area contributed by atoms with Crippen molar-refractivity contribution in [1.29, 1.82) is 0 Å². The number of aromatic nitrogens is 4. The molecular weight excluding hydrogens is 576 g/mol. The SMILES string of the molecule is CC(NC(=O)Cn1cnnn1)[C@H]1C(=O)N2C(C(=O)O)=C(S[C@@H]3CN[C@H](C(=O)N4CC5CCN(CCN)C5C4)C3)[C@H](C)[C@]12C. The molecule has 5 aliphatic heterocycles. The first-order chi connectivity index (χ1) is 20.5. The predicted octanol–water partition coefficient (Wildman–Crippen LogP) is -1.70. The van der Waals surface area contributed by atoms with Crippen LogP contribution in [0.2, 0.25) is 0 Å². The zero-order chi connectivity index (χ0) is 30.6. The molecule has 3 amide bonds. The van der Waals surface area contributed by atoms with Crippen LogP contribution >= 0.6 is 11.8 Å². The normalized spacial score (nSPS) is 34.4. The van der Waals surface area contributed by atoms with Gasteiger partial charge >= 0.3 is 5.97 Å². The summed E-state index contributed by atoms with van der Waals surface area (Å²) in [6.45, 7) is 10.1. The van der Waals surface area contributed by atoms with Gasteiger partial charge in [0.05, 0.1) is 17.5 Å². The molecule has 0 saturated carbocycles. The van der Waals surface area contributed by atoms with E-state index in [2.05, 4.69) is 31.1 Å². The Morgan fingerprint density at radius 3 is 2.81 bits per heavy atom.